The monoisotopic (exact) mass is 137 g/mol. The van der Waals surface area contributed by atoms with Gasteiger partial charge in [-0.2, -0.15) is 0 Å². The lowest BCUT2D eigenvalue weighted by atomic mass is 9.90. The fourth-order valence-corrected chi connectivity index (χ4v) is 1.27. The predicted octanol–water partition coefficient (Wildman–Crippen LogP) is 1.73. The number of rotatable bonds is 1. The highest BCUT2D eigenvalue weighted by atomic mass is 14.9. The third-order valence-corrected chi connectivity index (χ3v) is 2.27. The van der Waals surface area contributed by atoms with Crippen molar-refractivity contribution < 1.29 is 0 Å². The SMILES string of the molecule is CNC1C=CC=C(C)C1C. The number of nitrogens with one attached hydrogen (secondary N) is 1. The highest BCUT2D eigenvalue weighted by molar-refractivity contribution is 5.22. The molecule has 0 radical (unpaired) electrons. The van der Waals surface area contributed by atoms with Gasteiger partial charge in [-0.25, -0.2) is 0 Å². The lowest BCUT2D eigenvalue weighted by molar-refractivity contribution is 0.515. The van der Waals surface area contributed by atoms with E-state index >= 15 is 0 Å². The molecule has 0 heterocycles. The molecule has 0 amide bonds. The molecule has 0 bridgehead atoms. The summed E-state index contributed by atoms with van der Waals surface area (Å²) in [6.45, 7) is 4.43. The summed E-state index contributed by atoms with van der Waals surface area (Å²) in [6.07, 6.45) is 6.51. The van der Waals surface area contributed by atoms with Gasteiger partial charge in [-0.3, -0.25) is 0 Å². The zero-order valence-corrected chi connectivity index (χ0v) is 6.89. The average Bonchev–Trinajstić information content (AvgIpc) is 1.95. The van der Waals surface area contributed by atoms with Crippen LogP contribution < -0.4 is 5.32 Å². The highest BCUT2D eigenvalue weighted by Gasteiger charge is 2.15. The second kappa shape index (κ2) is 3.02. The van der Waals surface area contributed by atoms with Crippen molar-refractivity contribution in [2.75, 3.05) is 7.05 Å². The molecule has 0 aromatic carbocycles. The van der Waals surface area contributed by atoms with Gasteiger partial charge in [-0.05, 0) is 19.9 Å². The first-order chi connectivity index (χ1) is 4.75. The Kier molecular flexibility index (Phi) is 2.28. The average molecular weight is 137 g/mol. The fourth-order valence-electron chi connectivity index (χ4n) is 1.27. The first-order valence-electron chi connectivity index (χ1n) is 3.78. The first kappa shape index (κ1) is 7.55. The van der Waals surface area contributed by atoms with E-state index in [1.807, 2.05) is 7.05 Å². The van der Waals surface area contributed by atoms with Crippen molar-refractivity contribution in [2.45, 2.75) is 19.9 Å². The molecule has 1 aliphatic rings. The van der Waals surface area contributed by atoms with Crippen LogP contribution in [-0.4, -0.2) is 13.1 Å². The van der Waals surface area contributed by atoms with Crippen LogP contribution in [0.25, 0.3) is 0 Å². The van der Waals surface area contributed by atoms with Gasteiger partial charge in [0, 0.05) is 6.04 Å². The van der Waals surface area contributed by atoms with Gasteiger partial charge >= 0.3 is 0 Å². The normalized spacial score (nSPS) is 32.1. The summed E-state index contributed by atoms with van der Waals surface area (Å²) in [6, 6.07) is 0.532. The second-order valence-corrected chi connectivity index (χ2v) is 2.90. The smallest absolute Gasteiger partial charge is 0.0313 e. The molecule has 0 saturated heterocycles. The van der Waals surface area contributed by atoms with Crippen molar-refractivity contribution in [3.05, 3.63) is 23.8 Å². The quantitative estimate of drug-likeness (QED) is 0.580. The van der Waals surface area contributed by atoms with Crippen LogP contribution in [0.5, 0.6) is 0 Å². The number of hydrogen-bond donors (Lipinski definition) is 1. The lowest BCUT2D eigenvalue weighted by Gasteiger charge is -2.23. The maximum absolute atomic E-state index is 3.26. The Labute approximate surface area is 62.8 Å². The molecule has 10 heavy (non-hydrogen) atoms. The van der Waals surface area contributed by atoms with Crippen LogP contribution in [0.1, 0.15) is 13.8 Å². The van der Waals surface area contributed by atoms with E-state index < -0.39 is 0 Å². The molecule has 0 spiro atoms. The van der Waals surface area contributed by atoms with Crippen LogP contribution in [-0.2, 0) is 0 Å². The molecule has 0 aliphatic heterocycles. The van der Waals surface area contributed by atoms with Gasteiger partial charge in [0.1, 0.15) is 0 Å². The summed E-state index contributed by atoms with van der Waals surface area (Å²) in [5, 5.41) is 3.26. The van der Waals surface area contributed by atoms with Crippen molar-refractivity contribution in [1.29, 1.82) is 0 Å². The summed E-state index contributed by atoms with van der Waals surface area (Å²) in [5.41, 5.74) is 1.46. The molecule has 0 aromatic heterocycles. The second-order valence-electron chi connectivity index (χ2n) is 2.90. The van der Waals surface area contributed by atoms with E-state index in [0.717, 1.165) is 0 Å². The van der Waals surface area contributed by atoms with E-state index in [4.69, 9.17) is 0 Å². The maximum atomic E-state index is 3.26. The molecule has 1 rings (SSSR count). The summed E-state index contributed by atoms with van der Waals surface area (Å²) < 4.78 is 0. The van der Waals surface area contributed by atoms with Crippen molar-refractivity contribution in [1.82, 2.24) is 5.32 Å². The van der Waals surface area contributed by atoms with Gasteiger partial charge < -0.3 is 5.32 Å². The zero-order chi connectivity index (χ0) is 7.56. The molecule has 0 fully saturated rings. The minimum absolute atomic E-state index is 0.532. The van der Waals surface area contributed by atoms with Gasteiger partial charge in [0.15, 0.2) is 0 Å². The molecule has 1 nitrogen and oxygen atoms in total. The molecular formula is C9H15N. The van der Waals surface area contributed by atoms with E-state index in [1.54, 1.807) is 0 Å². The highest BCUT2D eigenvalue weighted by Crippen LogP contribution is 2.18. The van der Waals surface area contributed by atoms with Crippen LogP contribution in [0.3, 0.4) is 0 Å². The van der Waals surface area contributed by atoms with Crippen LogP contribution in [0.2, 0.25) is 0 Å². The van der Waals surface area contributed by atoms with E-state index in [-0.39, 0.29) is 0 Å². The molecule has 2 unspecified atom stereocenters. The molecular weight excluding hydrogens is 122 g/mol. The largest absolute Gasteiger partial charge is 0.313 e. The fraction of sp³-hybridized carbons (Fsp3) is 0.556. The Hall–Kier alpha value is -0.560. The third-order valence-electron chi connectivity index (χ3n) is 2.27. The van der Waals surface area contributed by atoms with Gasteiger partial charge in [-0.15, -0.1) is 0 Å². The molecule has 56 valence electrons. The Bertz CT molecular complexity index is 168. The Morgan fingerprint density at radius 1 is 1.50 bits per heavy atom. The van der Waals surface area contributed by atoms with Crippen molar-refractivity contribution in [3.63, 3.8) is 0 Å². The topological polar surface area (TPSA) is 12.0 Å². The Balaban J connectivity index is 2.68. The summed E-state index contributed by atoms with van der Waals surface area (Å²) in [4.78, 5) is 0. The Morgan fingerprint density at radius 2 is 2.20 bits per heavy atom. The van der Waals surface area contributed by atoms with E-state index in [2.05, 4.69) is 37.4 Å². The van der Waals surface area contributed by atoms with Crippen LogP contribution in [0.15, 0.2) is 23.8 Å². The third kappa shape index (κ3) is 1.29. The van der Waals surface area contributed by atoms with Gasteiger partial charge in [0.05, 0.1) is 0 Å². The molecule has 2 atom stereocenters. The molecule has 1 heteroatoms. The molecule has 1 N–H and O–H groups in total. The van der Waals surface area contributed by atoms with Gasteiger partial charge in [-0.1, -0.05) is 30.7 Å². The first-order valence-corrected chi connectivity index (χ1v) is 3.78. The van der Waals surface area contributed by atoms with Crippen molar-refractivity contribution >= 4 is 0 Å². The molecule has 0 saturated carbocycles. The summed E-state index contributed by atoms with van der Waals surface area (Å²) in [7, 11) is 2.00. The van der Waals surface area contributed by atoms with Crippen LogP contribution in [0.4, 0.5) is 0 Å². The molecule has 1 aliphatic carbocycles. The number of hydrogen-bond acceptors (Lipinski definition) is 1. The summed E-state index contributed by atoms with van der Waals surface area (Å²) in [5.74, 6) is 0.648. The van der Waals surface area contributed by atoms with Gasteiger partial charge in [0.2, 0.25) is 0 Å². The predicted molar refractivity (Wildman–Crippen MR) is 44.9 cm³/mol. The van der Waals surface area contributed by atoms with E-state index in [1.165, 1.54) is 5.57 Å². The number of likely N-dealkylation sites (N-methyl/N-ethyl adjacent to an activating group) is 1. The van der Waals surface area contributed by atoms with Crippen molar-refractivity contribution in [2.24, 2.45) is 5.92 Å². The van der Waals surface area contributed by atoms with Gasteiger partial charge in [0.25, 0.3) is 0 Å². The minimum atomic E-state index is 0.532. The minimum Gasteiger partial charge on any atom is -0.313 e. The van der Waals surface area contributed by atoms with Crippen molar-refractivity contribution in [3.8, 4) is 0 Å². The zero-order valence-electron chi connectivity index (χ0n) is 6.89. The van der Waals surface area contributed by atoms with E-state index in [9.17, 15) is 0 Å². The summed E-state index contributed by atoms with van der Waals surface area (Å²) >= 11 is 0. The Morgan fingerprint density at radius 3 is 2.70 bits per heavy atom. The maximum Gasteiger partial charge on any atom is 0.0313 e. The molecule has 0 aromatic rings. The standard InChI is InChI=1S/C9H15N/c1-7-5-4-6-9(10-3)8(7)2/h4-6,8-10H,1-3H3. The van der Waals surface area contributed by atoms with Crippen LogP contribution >= 0.6 is 0 Å². The van der Waals surface area contributed by atoms with E-state index in [0.29, 0.717) is 12.0 Å². The number of allylic oxidation sites excluding steroid dienone is 2. The lowest BCUT2D eigenvalue weighted by Crippen LogP contribution is -2.31. The van der Waals surface area contributed by atoms with Crippen LogP contribution in [0, 0.1) is 5.92 Å².